The van der Waals surface area contributed by atoms with Gasteiger partial charge in [0.05, 0.1) is 6.10 Å². The van der Waals surface area contributed by atoms with Gasteiger partial charge in [-0.25, -0.2) is 0 Å². The fourth-order valence-electron chi connectivity index (χ4n) is 2.12. The lowest BCUT2D eigenvalue weighted by molar-refractivity contribution is 0.0473. The molecular weight excluding hydrogens is 202 g/mol. The van der Waals surface area contributed by atoms with E-state index in [0.717, 1.165) is 30.5 Å². The summed E-state index contributed by atoms with van der Waals surface area (Å²) in [6.07, 6.45) is 1.33. The quantitative estimate of drug-likeness (QED) is 0.779. The number of piperidine rings is 1. The van der Waals surface area contributed by atoms with Crippen molar-refractivity contribution in [2.24, 2.45) is 0 Å². The third-order valence-corrected chi connectivity index (χ3v) is 3.06. The molecule has 1 N–H and O–H groups in total. The van der Waals surface area contributed by atoms with Crippen LogP contribution in [0.4, 0.5) is 0 Å². The van der Waals surface area contributed by atoms with Gasteiger partial charge >= 0.3 is 0 Å². The highest BCUT2D eigenvalue weighted by atomic mass is 16.3. The number of aliphatic hydroxyl groups is 1. The van der Waals surface area contributed by atoms with E-state index in [1.54, 1.807) is 4.90 Å². The highest BCUT2D eigenvalue weighted by molar-refractivity contribution is 5.95. The van der Waals surface area contributed by atoms with Gasteiger partial charge in [0.15, 0.2) is 0 Å². The maximum absolute atomic E-state index is 12.2. The number of rotatable bonds is 1. The summed E-state index contributed by atoms with van der Waals surface area (Å²) in [4.78, 5) is 13.9. The van der Waals surface area contributed by atoms with Crippen LogP contribution in [0, 0.1) is 6.92 Å². The first-order chi connectivity index (χ1) is 7.68. The average Bonchev–Trinajstić information content (AvgIpc) is 2.29. The van der Waals surface area contributed by atoms with E-state index in [0.29, 0.717) is 6.54 Å². The normalized spacial score (nSPS) is 20.9. The fraction of sp³-hybridized carbons (Fsp3) is 0.462. The maximum Gasteiger partial charge on any atom is 0.254 e. The molecule has 0 aromatic heterocycles. The Hall–Kier alpha value is -1.35. The molecule has 1 fully saturated rings. The van der Waals surface area contributed by atoms with Crippen molar-refractivity contribution in [3.63, 3.8) is 0 Å². The molecule has 1 aromatic rings. The van der Waals surface area contributed by atoms with E-state index in [9.17, 15) is 9.90 Å². The molecule has 1 aliphatic rings. The SMILES string of the molecule is Cc1ccccc1C(=O)N1CCCC(O)C1. The predicted octanol–water partition coefficient (Wildman–Crippen LogP) is 1.59. The van der Waals surface area contributed by atoms with E-state index in [4.69, 9.17) is 0 Å². The number of likely N-dealkylation sites (tertiary alicyclic amines) is 1. The van der Waals surface area contributed by atoms with Crippen molar-refractivity contribution in [2.45, 2.75) is 25.9 Å². The van der Waals surface area contributed by atoms with Crippen LogP contribution >= 0.6 is 0 Å². The molecule has 1 unspecified atom stereocenters. The highest BCUT2D eigenvalue weighted by Crippen LogP contribution is 2.15. The molecule has 3 heteroatoms. The Morgan fingerprint density at radius 3 is 2.88 bits per heavy atom. The van der Waals surface area contributed by atoms with E-state index < -0.39 is 0 Å². The summed E-state index contributed by atoms with van der Waals surface area (Å²) in [6.45, 7) is 3.16. The van der Waals surface area contributed by atoms with Crippen molar-refractivity contribution in [1.82, 2.24) is 4.90 Å². The van der Waals surface area contributed by atoms with Crippen molar-refractivity contribution in [3.05, 3.63) is 35.4 Å². The zero-order valence-corrected chi connectivity index (χ0v) is 9.52. The van der Waals surface area contributed by atoms with Crippen LogP contribution in [0.2, 0.25) is 0 Å². The zero-order valence-electron chi connectivity index (χ0n) is 9.52. The number of hydrogen-bond acceptors (Lipinski definition) is 2. The van der Waals surface area contributed by atoms with Crippen molar-refractivity contribution in [3.8, 4) is 0 Å². The van der Waals surface area contributed by atoms with Crippen LogP contribution in [0.25, 0.3) is 0 Å². The summed E-state index contributed by atoms with van der Waals surface area (Å²) < 4.78 is 0. The zero-order chi connectivity index (χ0) is 11.5. The number of benzene rings is 1. The summed E-state index contributed by atoms with van der Waals surface area (Å²) >= 11 is 0. The summed E-state index contributed by atoms with van der Waals surface area (Å²) in [5.41, 5.74) is 1.74. The van der Waals surface area contributed by atoms with Crippen LogP contribution in [-0.2, 0) is 0 Å². The predicted molar refractivity (Wildman–Crippen MR) is 62.3 cm³/mol. The second-order valence-corrected chi connectivity index (χ2v) is 4.36. The Bertz CT molecular complexity index is 389. The van der Waals surface area contributed by atoms with Gasteiger partial charge in [0.1, 0.15) is 0 Å². The van der Waals surface area contributed by atoms with E-state index >= 15 is 0 Å². The van der Waals surface area contributed by atoms with Crippen molar-refractivity contribution < 1.29 is 9.90 Å². The summed E-state index contributed by atoms with van der Waals surface area (Å²) in [5.74, 6) is 0.0388. The molecule has 16 heavy (non-hydrogen) atoms. The second-order valence-electron chi connectivity index (χ2n) is 4.36. The average molecular weight is 219 g/mol. The highest BCUT2D eigenvalue weighted by Gasteiger charge is 2.23. The van der Waals surface area contributed by atoms with E-state index in [1.165, 1.54) is 0 Å². The molecule has 3 nitrogen and oxygen atoms in total. The minimum atomic E-state index is -0.360. The number of aryl methyl sites for hydroxylation is 1. The third-order valence-electron chi connectivity index (χ3n) is 3.06. The number of amides is 1. The monoisotopic (exact) mass is 219 g/mol. The first-order valence-corrected chi connectivity index (χ1v) is 5.71. The molecule has 2 rings (SSSR count). The maximum atomic E-state index is 12.2. The minimum absolute atomic E-state index is 0.0388. The van der Waals surface area contributed by atoms with E-state index in [1.807, 2.05) is 31.2 Å². The fourth-order valence-corrected chi connectivity index (χ4v) is 2.12. The molecule has 1 saturated heterocycles. The number of β-amino-alcohol motifs (C(OH)–C–C–N with tert-alkyl or cyclic N) is 1. The smallest absolute Gasteiger partial charge is 0.254 e. The number of carbonyl (C=O) groups is 1. The molecule has 1 aliphatic heterocycles. The topological polar surface area (TPSA) is 40.5 Å². The van der Waals surface area contributed by atoms with Gasteiger partial charge in [-0.05, 0) is 31.4 Å². The standard InChI is InChI=1S/C13H17NO2/c1-10-5-2-3-7-12(10)13(16)14-8-4-6-11(15)9-14/h2-3,5,7,11,15H,4,6,8-9H2,1H3. The van der Waals surface area contributed by atoms with Gasteiger partial charge in [-0.1, -0.05) is 18.2 Å². The van der Waals surface area contributed by atoms with Crippen LogP contribution in [0.3, 0.4) is 0 Å². The lowest BCUT2D eigenvalue weighted by Crippen LogP contribution is -2.42. The number of carbonyl (C=O) groups excluding carboxylic acids is 1. The summed E-state index contributed by atoms with van der Waals surface area (Å²) in [6, 6.07) is 7.59. The molecular formula is C13H17NO2. The van der Waals surface area contributed by atoms with Crippen molar-refractivity contribution in [2.75, 3.05) is 13.1 Å². The molecule has 1 atom stereocenters. The molecule has 0 radical (unpaired) electrons. The Morgan fingerprint density at radius 2 is 2.19 bits per heavy atom. The van der Waals surface area contributed by atoms with E-state index in [2.05, 4.69) is 0 Å². The Kier molecular flexibility index (Phi) is 3.25. The van der Waals surface area contributed by atoms with Gasteiger partial charge in [0.2, 0.25) is 0 Å². The van der Waals surface area contributed by atoms with Crippen LogP contribution in [-0.4, -0.2) is 35.1 Å². The molecule has 1 heterocycles. The first-order valence-electron chi connectivity index (χ1n) is 5.71. The lowest BCUT2D eigenvalue weighted by Gasteiger charge is -2.30. The summed E-state index contributed by atoms with van der Waals surface area (Å²) in [7, 11) is 0. The van der Waals surface area contributed by atoms with Crippen LogP contribution in [0.5, 0.6) is 0 Å². The molecule has 0 spiro atoms. The van der Waals surface area contributed by atoms with Gasteiger partial charge in [0, 0.05) is 18.7 Å². The first kappa shape index (κ1) is 11.1. The van der Waals surface area contributed by atoms with E-state index in [-0.39, 0.29) is 12.0 Å². The molecule has 0 aliphatic carbocycles. The largest absolute Gasteiger partial charge is 0.391 e. The third kappa shape index (κ3) is 2.25. The number of hydrogen-bond donors (Lipinski definition) is 1. The molecule has 0 saturated carbocycles. The van der Waals surface area contributed by atoms with Gasteiger partial charge < -0.3 is 10.0 Å². The van der Waals surface area contributed by atoms with Crippen LogP contribution in [0.1, 0.15) is 28.8 Å². The molecule has 86 valence electrons. The Balaban J connectivity index is 2.16. The minimum Gasteiger partial charge on any atom is -0.391 e. The van der Waals surface area contributed by atoms with Crippen molar-refractivity contribution >= 4 is 5.91 Å². The summed E-state index contributed by atoms with van der Waals surface area (Å²) in [5, 5.41) is 9.55. The second kappa shape index (κ2) is 4.66. The van der Waals surface area contributed by atoms with Gasteiger partial charge in [-0.3, -0.25) is 4.79 Å². The van der Waals surface area contributed by atoms with Gasteiger partial charge in [-0.2, -0.15) is 0 Å². The molecule has 1 aromatic carbocycles. The Morgan fingerprint density at radius 1 is 1.44 bits per heavy atom. The van der Waals surface area contributed by atoms with Gasteiger partial charge in [0.25, 0.3) is 5.91 Å². The Labute approximate surface area is 95.7 Å². The number of aliphatic hydroxyl groups excluding tert-OH is 1. The van der Waals surface area contributed by atoms with Crippen LogP contribution < -0.4 is 0 Å². The van der Waals surface area contributed by atoms with Crippen LogP contribution in [0.15, 0.2) is 24.3 Å². The molecule has 0 bridgehead atoms. The van der Waals surface area contributed by atoms with Gasteiger partial charge in [-0.15, -0.1) is 0 Å². The molecule has 1 amide bonds. The van der Waals surface area contributed by atoms with Crippen molar-refractivity contribution in [1.29, 1.82) is 0 Å². The number of nitrogens with zero attached hydrogens (tertiary/aromatic N) is 1. The lowest BCUT2D eigenvalue weighted by atomic mass is 10.0.